The van der Waals surface area contributed by atoms with Gasteiger partial charge >= 0.3 is 5.97 Å². The van der Waals surface area contributed by atoms with E-state index in [0.717, 1.165) is 23.4 Å². The van der Waals surface area contributed by atoms with Gasteiger partial charge in [-0.15, -0.1) is 0 Å². The van der Waals surface area contributed by atoms with Crippen LogP contribution in [0.15, 0.2) is 35.1 Å². The van der Waals surface area contributed by atoms with Crippen molar-refractivity contribution >= 4 is 22.3 Å². The molecule has 1 fully saturated rings. The van der Waals surface area contributed by atoms with E-state index in [-0.39, 0.29) is 18.8 Å². The number of hydrogen-bond acceptors (Lipinski definition) is 7. The van der Waals surface area contributed by atoms with Crippen LogP contribution in [-0.4, -0.2) is 27.2 Å². The van der Waals surface area contributed by atoms with Crippen LogP contribution in [0.2, 0.25) is 0 Å². The highest BCUT2D eigenvalue weighted by Crippen LogP contribution is 2.34. The third kappa shape index (κ3) is 4.82. The van der Waals surface area contributed by atoms with E-state index in [9.17, 15) is 9.59 Å². The number of aryl methyl sites for hydroxylation is 1. The Bertz CT molecular complexity index is 1070. The molecule has 1 aliphatic rings. The zero-order chi connectivity index (χ0) is 20.2. The molecule has 8 heteroatoms. The molecule has 1 aliphatic carbocycles. The Kier molecular flexibility index (Phi) is 5.89. The van der Waals surface area contributed by atoms with Crippen LogP contribution in [0, 0.1) is 6.92 Å². The number of esters is 1. The van der Waals surface area contributed by atoms with E-state index in [4.69, 9.17) is 9.47 Å². The van der Waals surface area contributed by atoms with Gasteiger partial charge in [-0.2, -0.15) is 9.61 Å². The van der Waals surface area contributed by atoms with Crippen LogP contribution in [0.5, 0.6) is 5.75 Å². The number of aromatic nitrogens is 3. The molecule has 1 aromatic carbocycles. The SMILES string of the molecule is Cc1cccc(OCC(=O)OCc2cc(=O)n3nc(C4CCCCC4)sc3n2)c1. The Morgan fingerprint density at radius 3 is 2.86 bits per heavy atom. The summed E-state index contributed by atoms with van der Waals surface area (Å²) in [4.78, 5) is 29.3. The second kappa shape index (κ2) is 8.73. The standard InChI is InChI=1S/C21H23N3O4S/c1-14-6-5-9-17(10-14)27-13-19(26)28-12-16-11-18(25)24-21(22-16)29-20(23-24)15-7-3-2-4-8-15/h5-6,9-11,15H,2-4,7-8,12-13H2,1H3. The molecule has 29 heavy (non-hydrogen) atoms. The lowest BCUT2D eigenvalue weighted by atomic mass is 9.90. The van der Waals surface area contributed by atoms with Crippen molar-refractivity contribution < 1.29 is 14.3 Å². The highest BCUT2D eigenvalue weighted by atomic mass is 32.1. The number of ether oxygens (including phenoxy) is 2. The van der Waals surface area contributed by atoms with Crippen molar-refractivity contribution in [3.8, 4) is 5.75 Å². The van der Waals surface area contributed by atoms with Crippen molar-refractivity contribution in [3.05, 3.63) is 57.0 Å². The number of rotatable bonds is 6. The maximum absolute atomic E-state index is 12.4. The molecule has 0 radical (unpaired) electrons. The fourth-order valence-corrected chi connectivity index (χ4v) is 4.60. The number of nitrogens with zero attached hydrogens (tertiary/aromatic N) is 3. The Balaban J connectivity index is 1.38. The number of fused-ring (bicyclic) bond motifs is 1. The van der Waals surface area contributed by atoms with E-state index in [2.05, 4.69) is 10.1 Å². The lowest BCUT2D eigenvalue weighted by Gasteiger charge is -2.18. The van der Waals surface area contributed by atoms with Gasteiger partial charge < -0.3 is 9.47 Å². The molecule has 1 saturated carbocycles. The highest BCUT2D eigenvalue weighted by Gasteiger charge is 2.20. The number of carbonyl (C=O) groups is 1. The van der Waals surface area contributed by atoms with Gasteiger partial charge in [0.25, 0.3) is 5.56 Å². The molecule has 0 saturated heterocycles. The van der Waals surface area contributed by atoms with E-state index in [1.807, 2.05) is 25.1 Å². The van der Waals surface area contributed by atoms with E-state index in [1.54, 1.807) is 6.07 Å². The predicted octanol–water partition coefficient (Wildman–Crippen LogP) is 3.63. The van der Waals surface area contributed by atoms with Crippen molar-refractivity contribution in [2.45, 2.75) is 51.6 Å². The summed E-state index contributed by atoms with van der Waals surface area (Å²) in [5, 5.41) is 5.44. The van der Waals surface area contributed by atoms with Gasteiger partial charge in [0, 0.05) is 12.0 Å². The number of benzene rings is 1. The highest BCUT2D eigenvalue weighted by molar-refractivity contribution is 7.16. The van der Waals surface area contributed by atoms with Crippen LogP contribution >= 0.6 is 11.3 Å². The first-order valence-corrected chi connectivity index (χ1v) is 10.6. The van der Waals surface area contributed by atoms with Crippen LogP contribution in [0.3, 0.4) is 0 Å². The molecule has 0 bridgehead atoms. The molecule has 0 atom stereocenters. The van der Waals surface area contributed by atoms with Crippen molar-refractivity contribution in [2.75, 3.05) is 6.61 Å². The van der Waals surface area contributed by atoms with E-state index < -0.39 is 5.97 Å². The summed E-state index contributed by atoms with van der Waals surface area (Å²) in [5.74, 6) is 0.509. The first-order chi connectivity index (χ1) is 14.1. The fraction of sp³-hybridized carbons (Fsp3) is 0.429. The topological polar surface area (TPSA) is 82.8 Å². The normalized spacial score (nSPS) is 14.8. The summed E-state index contributed by atoms with van der Waals surface area (Å²) in [6.07, 6.45) is 5.89. The molecule has 7 nitrogen and oxygen atoms in total. The van der Waals surface area contributed by atoms with Crippen molar-refractivity contribution in [3.63, 3.8) is 0 Å². The second-order valence-electron chi connectivity index (χ2n) is 7.32. The zero-order valence-corrected chi connectivity index (χ0v) is 17.1. The summed E-state index contributed by atoms with van der Waals surface area (Å²) in [7, 11) is 0. The molecule has 0 N–H and O–H groups in total. The minimum atomic E-state index is -0.513. The lowest BCUT2D eigenvalue weighted by molar-refractivity contribution is -0.147. The molecule has 152 valence electrons. The molecule has 3 aromatic rings. The van der Waals surface area contributed by atoms with Crippen molar-refractivity contribution in [2.24, 2.45) is 0 Å². The summed E-state index contributed by atoms with van der Waals surface area (Å²) in [6.45, 7) is 1.68. The molecular formula is C21H23N3O4S. The Labute approximate surface area is 172 Å². The van der Waals surface area contributed by atoms with Gasteiger partial charge in [0.05, 0.1) is 5.69 Å². The van der Waals surface area contributed by atoms with Crippen LogP contribution in [-0.2, 0) is 16.1 Å². The average Bonchev–Trinajstić information content (AvgIpc) is 3.16. The van der Waals surface area contributed by atoms with Gasteiger partial charge in [0.15, 0.2) is 6.61 Å². The maximum atomic E-state index is 12.4. The van der Waals surface area contributed by atoms with E-state index >= 15 is 0 Å². The summed E-state index contributed by atoms with van der Waals surface area (Å²) in [6, 6.07) is 8.80. The number of hydrogen-bond donors (Lipinski definition) is 0. The van der Waals surface area contributed by atoms with Crippen LogP contribution in [0.1, 0.15) is 54.3 Å². The van der Waals surface area contributed by atoms with Crippen LogP contribution in [0.4, 0.5) is 0 Å². The van der Waals surface area contributed by atoms with Crippen LogP contribution < -0.4 is 10.3 Å². The van der Waals surface area contributed by atoms with Gasteiger partial charge in [-0.05, 0) is 37.5 Å². The van der Waals surface area contributed by atoms with Crippen molar-refractivity contribution in [1.29, 1.82) is 0 Å². The minimum absolute atomic E-state index is 0.0710. The molecule has 0 unspecified atom stereocenters. The predicted molar refractivity (Wildman–Crippen MR) is 109 cm³/mol. The smallest absolute Gasteiger partial charge is 0.344 e. The maximum Gasteiger partial charge on any atom is 0.344 e. The average molecular weight is 413 g/mol. The van der Waals surface area contributed by atoms with Crippen LogP contribution in [0.25, 0.3) is 4.96 Å². The minimum Gasteiger partial charge on any atom is -0.482 e. The van der Waals surface area contributed by atoms with Gasteiger partial charge in [-0.1, -0.05) is 42.7 Å². The Morgan fingerprint density at radius 1 is 1.24 bits per heavy atom. The third-order valence-electron chi connectivity index (χ3n) is 5.00. The molecular weight excluding hydrogens is 390 g/mol. The quantitative estimate of drug-likeness (QED) is 0.574. The largest absolute Gasteiger partial charge is 0.482 e. The first-order valence-electron chi connectivity index (χ1n) is 9.83. The van der Waals surface area contributed by atoms with Gasteiger partial charge in [0.1, 0.15) is 17.4 Å². The lowest BCUT2D eigenvalue weighted by Crippen LogP contribution is -2.18. The molecule has 0 amide bonds. The summed E-state index contributed by atoms with van der Waals surface area (Å²) >= 11 is 1.45. The Morgan fingerprint density at radius 2 is 2.07 bits per heavy atom. The van der Waals surface area contributed by atoms with E-state index in [1.165, 1.54) is 41.2 Å². The van der Waals surface area contributed by atoms with Gasteiger partial charge in [0.2, 0.25) is 4.96 Å². The summed E-state index contributed by atoms with van der Waals surface area (Å²) < 4.78 is 12.0. The monoisotopic (exact) mass is 413 g/mol. The Hall–Kier alpha value is -2.74. The summed E-state index contributed by atoms with van der Waals surface area (Å²) in [5.41, 5.74) is 1.21. The van der Waals surface area contributed by atoms with E-state index in [0.29, 0.717) is 22.3 Å². The molecule has 0 aliphatic heterocycles. The second-order valence-corrected chi connectivity index (χ2v) is 8.31. The molecule has 2 aromatic heterocycles. The molecule has 0 spiro atoms. The zero-order valence-electron chi connectivity index (χ0n) is 16.3. The van der Waals surface area contributed by atoms with Gasteiger partial charge in [-0.3, -0.25) is 4.79 Å². The fourth-order valence-electron chi connectivity index (χ4n) is 3.50. The third-order valence-corrected chi connectivity index (χ3v) is 6.07. The number of carbonyl (C=O) groups excluding carboxylic acids is 1. The van der Waals surface area contributed by atoms with Crippen molar-refractivity contribution in [1.82, 2.24) is 14.6 Å². The van der Waals surface area contributed by atoms with Gasteiger partial charge in [-0.25, -0.2) is 9.78 Å². The molecule has 4 rings (SSSR count). The molecule has 2 heterocycles. The first kappa shape index (κ1) is 19.6.